The molecule has 3 rings (SSSR count). The first-order valence-corrected chi connectivity index (χ1v) is 7.92. The number of benzene rings is 2. The largest absolute Gasteiger partial charge is 0.322 e. The number of nitrogens with zero attached hydrogens (tertiary/aromatic N) is 1. The maximum Gasteiger partial charge on any atom is 0.256 e. The number of anilines is 1. The van der Waals surface area contributed by atoms with E-state index in [9.17, 15) is 9.18 Å². The molecule has 0 aliphatic carbocycles. The summed E-state index contributed by atoms with van der Waals surface area (Å²) < 4.78 is 13.6. The third kappa shape index (κ3) is 3.27. The van der Waals surface area contributed by atoms with Gasteiger partial charge in [0.2, 0.25) is 0 Å². The van der Waals surface area contributed by atoms with Crippen LogP contribution < -0.4 is 5.32 Å². The summed E-state index contributed by atoms with van der Waals surface area (Å²) in [4.78, 5) is 17.0. The molecule has 0 aliphatic heterocycles. The summed E-state index contributed by atoms with van der Waals surface area (Å²) in [6, 6.07) is 13.7. The highest BCUT2D eigenvalue weighted by molar-refractivity contribution is 6.12. The molecule has 122 valence electrons. The average Bonchev–Trinajstić information content (AvgIpc) is 2.55. The van der Waals surface area contributed by atoms with Crippen molar-refractivity contribution in [2.45, 2.75) is 26.7 Å². The smallest absolute Gasteiger partial charge is 0.256 e. The van der Waals surface area contributed by atoms with E-state index < -0.39 is 0 Å². The number of amides is 1. The van der Waals surface area contributed by atoms with E-state index >= 15 is 0 Å². The molecule has 24 heavy (non-hydrogen) atoms. The van der Waals surface area contributed by atoms with Gasteiger partial charge < -0.3 is 5.32 Å². The fourth-order valence-electron chi connectivity index (χ4n) is 2.67. The predicted octanol–water partition coefficient (Wildman–Crippen LogP) is 5.06. The SMILES string of the molecule is Cc1cc(C(=O)Nc2ccc(C(C)C)cc2)c2cc(F)ccc2n1. The highest BCUT2D eigenvalue weighted by Crippen LogP contribution is 2.22. The van der Waals surface area contributed by atoms with Crippen molar-refractivity contribution in [3.05, 3.63) is 71.2 Å². The van der Waals surface area contributed by atoms with E-state index in [1.54, 1.807) is 12.1 Å². The van der Waals surface area contributed by atoms with E-state index in [0.717, 1.165) is 5.69 Å². The van der Waals surface area contributed by atoms with Gasteiger partial charge in [0.25, 0.3) is 5.91 Å². The molecule has 1 aromatic heterocycles. The van der Waals surface area contributed by atoms with E-state index in [-0.39, 0.29) is 11.7 Å². The molecule has 1 amide bonds. The quantitative estimate of drug-likeness (QED) is 0.732. The van der Waals surface area contributed by atoms with Crippen molar-refractivity contribution in [1.82, 2.24) is 4.98 Å². The lowest BCUT2D eigenvalue weighted by Gasteiger charge is -2.11. The monoisotopic (exact) mass is 322 g/mol. The van der Waals surface area contributed by atoms with Gasteiger partial charge in [0, 0.05) is 16.8 Å². The van der Waals surface area contributed by atoms with Gasteiger partial charge in [-0.15, -0.1) is 0 Å². The first-order valence-electron chi connectivity index (χ1n) is 7.92. The zero-order valence-electron chi connectivity index (χ0n) is 13.9. The summed E-state index contributed by atoms with van der Waals surface area (Å²) in [6.45, 7) is 6.05. The highest BCUT2D eigenvalue weighted by atomic mass is 19.1. The van der Waals surface area contributed by atoms with E-state index in [1.807, 2.05) is 31.2 Å². The van der Waals surface area contributed by atoms with Crippen molar-refractivity contribution in [2.75, 3.05) is 5.32 Å². The second kappa shape index (κ2) is 6.40. The number of pyridine rings is 1. The molecule has 2 aromatic carbocycles. The van der Waals surface area contributed by atoms with Gasteiger partial charge in [-0.05, 0) is 54.8 Å². The Kier molecular flexibility index (Phi) is 4.30. The number of aromatic nitrogens is 1. The Labute approximate surface area is 140 Å². The van der Waals surface area contributed by atoms with Crippen molar-refractivity contribution in [1.29, 1.82) is 0 Å². The minimum atomic E-state index is -0.386. The second-order valence-corrected chi connectivity index (χ2v) is 6.20. The fourth-order valence-corrected chi connectivity index (χ4v) is 2.67. The topological polar surface area (TPSA) is 42.0 Å². The minimum absolute atomic E-state index is 0.270. The number of nitrogens with one attached hydrogen (secondary N) is 1. The van der Waals surface area contributed by atoms with Gasteiger partial charge in [0.1, 0.15) is 5.82 Å². The van der Waals surface area contributed by atoms with Crippen LogP contribution in [0.5, 0.6) is 0 Å². The lowest BCUT2D eigenvalue weighted by Crippen LogP contribution is -2.13. The number of hydrogen-bond donors (Lipinski definition) is 1. The number of carbonyl (C=O) groups is 1. The Bertz CT molecular complexity index is 901. The Hall–Kier alpha value is -2.75. The van der Waals surface area contributed by atoms with Crippen LogP contribution in [-0.2, 0) is 0 Å². The fraction of sp³-hybridized carbons (Fsp3) is 0.200. The van der Waals surface area contributed by atoms with Crippen molar-refractivity contribution in [3.63, 3.8) is 0 Å². The molecule has 0 atom stereocenters. The van der Waals surface area contributed by atoms with Crippen LogP contribution in [0.4, 0.5) is 10.1 Å². The third-order valence-corrected chi connectivity index (χ3v) is 3.98. The number of rotatable bonds is 3. The first kappa shape index (κ1) is 16.1. The number of aryl methyl sites for hydroxylation is 1. The van der Waals surface area contributed by atoms with E-state index in [2.05, 4.69) is 24.1 Å². The molecule has 0 saturated heterocycles. The molecule has 0 saturated carbocycles. The van der Waals surface area contributed by atoms with Crippen LogP contribution in [0.3, 0.4) is 0 Å². The summed E-state index contributed by atoms with van der Waals surface area (Å²) in [5.41, 5.74) is 3.67. The van der Waals surface area contributed by atoms with Crippen LogP contribution in [0, 0.1) is 12.7 Å². The lowest BCUT2D eigenvalue weighted by atomic mass is 10.0. The van der Waals surface area contributed by atoms with Crippen LogP contribution in [0.2, 0.25) is 0 Å². The summed E-state index contributed by atoms with van der Waals surface area (Å²) in [5.74, 6) is -0.221. The molecule has 0 unspecified atom stereocenters. The Morgan fingerprint density at radius 1 is 1.08 bits per heavy atom. The number of carbonyl (C=O) groups excluding carboxylic acids is 1. The Morgan fingerprint density at radius 3 is 2.46 bits per heavy atom. The van der Waals surface area contributed by atoms with Gasteiger partial charge >= 0.3 is 0 Å². The van der Waals surface area contributed by atoms with Gasteiger partial charge in [-0.25, -0.2) is 4.39 Å². The molecular formula is C20H19FN2O. The minimum Gasteiger partial charge on any atom is -0.322 e. The van der Waals surface area contributed by atoms with Gasteiger partial charge in [0.05, 0.1) is 11.1 Å². The Morgan fingerprint density at radius 2 is 1.79 bits per heavy atom. The van der Waals surface area contributed by atoms with Gasteiger partial charge in [-0.2, -0.15) is 0 Å². The predicted molar refractivity (Wildman–Crippen MR) is 94.9 cm³/mol. The number of hydrogen-bond acceptors (Lipinski definition) is 2. The molecule has 0 bridgehead atoms. The maximum absolute atomic E-state index is 13.6. The second-order valence-electron chi connectivity index (χ2n) is 6.20. The molecule has 3 nitrogen and oxygen atoms in total. The zero-order chi connectivity index (χ0) is 17.3. The average molecular weight is 322 g/mol. The summed E-state index contributed by atoms with van der Waals surface area (Å²) in [5, 5.41) is 3.39. The van der Waals surface area contributed by atoms with Crippen LogP contribution in [0.1, 0.15) is 41.4 Å². The van der Waals surface area contributed by atoms with Crippen molar-refractivity contribution < 1.29 is 9.18 Å². The maximum atomic E-state index is 13.6. The summed E-state index contributed by atoms with van der Waals surface area (Å²) in [7, 11) is 0. The van der Waals surface area contributed by atoms with Crippen LogP contribution >= 0.6 is 0 Å². The van der Waals surface area contributed by atoms with Crippen LogP contribution in [0.15, 0.2) is 48.5 Å². The standard InChI is InChI=1S/C20H19FN2O/c1-12(2)14-4-7-16(8-5-14)23-20(24)18-10-13(3)22-19-9-6-15(21)11-17(18)19/h4-12H,1-3H3,(H,23,24). The molecular weight excluding hydrogens is 303 g/mol. The van der Waals surface area contributed by atoms with Crippen molar-refractivity contribution in [3.8, 4) is 0 Å². The van der Waals surface area contributed by atoms with Crippen molar-refractivity contribution >= 4 is 22.5 Å². The third-order valence-electron chi connectivity index (χ3n) is 3.98. The molecule has 0 radical (unpaired) electrons. The summed E-state index contributed by atoms with van der Waals surface area (Å²) in [6.07, 6.45) is 0. The molecule has 3 aromatic rings. The normalized spacial score (nSPS) is 11.0. The molecule has 0 spiro atoms. The molecule has 0 fully saturated rings. The molecule has 0 aliphatic rings. The number of halogens is 1. The van der Waals surface area contributed by atoms with Crippen LogP contribution in [0.25, 0.3) is 10.9 Å². The lowest BCUT2D eigenvalue weighted by molar-refractivity contribution is 0.102. The van der Waals surface area contributed by atoms with Gasteiger partial charge in [-0.3, -0.25) is 9.78 Å². The summed E-state index contributed by atoms with van der Waals surface area (Å²) >= 11 is 0. The van der Waals surface area contributed by atoms with Gasteiger partial charge in [0.15, 0.2) is 0 Å². The van der Waals surface area contributed by atoms with Gasteiger partial charge in [-0.1, -0.05) is 26.0 Å². The van der Waals surface area contributed by atoms with E-state index in [1.165, 1.54) is 17.7 Å². The van der Waals surface area contributed by atoms with E-state index in [4.69, 9.17) is 0 Å². The zero-order valence-corrected chi connectivity index (χ0v) is 13.9. The first-order chi connectivity index (χ1) is 11.4. The highest BCUT2D eigenvalue weighted by Gasteiger charge is 2.13. The van der Waals surface area contributed by atoms with E-state index in [0.29, 0.717) is 28.1 Å². The molecule has 1 N–H and O–H groups in total. The Balaban J connectivity index is 1.95. The molecule has 1 heterocycles. The molecule has 4 heteroatoms. The van der Waals surface area contributed by atoms with Crippen molar-refractivity contribution in [2.24, 2.45) is 0 Å². The number of fused-ring (bicyclic) bond motifs is 1. The van der Waals surface area contributed by atoms with Crippen LogP contribution in [-0.4, -0.2) is 10.9 Å².